The zero-order chi connectivity index (χ0) is 29.6. The van der Waals surface area contributed by atoms with E-state index in [1.165, 1.54) is 4.90 Å². The average Bonchev–Trinajstić information content (AvgIpc) is 2.87. The Morgan fingerprint density at radius 1 is 1.00 bits per heavy atom. The number of phenols is 1. The van der Waals surface area contributed by atoms with Gasteiger partial charge in [0, 0.05) is 17.8 Å². The molecule has 40 heavy (non-hydrogen) atoms. The molecule has 2 unspecified atom stereocenters. The Morgan fingerprint density at radius 2 is 1.68 bits per heavy atom. The molecule has 0 bridgehead atoms. The van der Waals surface area contributed by atoms with Gasteiger partial charge in [-0.25, -0.2) is 4.79 Å². The van der Waals surface area contributed by atoms with Crippen LogP contribution < -0.4 is 16.4 Å². The van der Waals surface area contributed by atoms with Gasteiger partial charge in [0.15, 0.2) is 0 Å². The fraction of sp³-hybridized carbons (Fsp3) is 0.333. The lowest BCUT2D eigenvalue weighted by atomic mass is 9.98. The van der Waals surface area contributed by atoms with Gasteiger partial charge in [0.1, 0.15) is 23.4 Å². The average molecular weight is 549 g/mol. The number of para-hydroxylation sites is 1. The van der Waals surface area contributed by atoms with E-state index in [1.54, 1.807) is 65.0 Å². The first-order chi connectivity index (χ1) is 18.8. The molecule has 0 saturated heterocycles. The van der Waals surface area contributed by atoms with E-state index in [-0.39, 0.29) is 17.9 Å². The SMILES string of the molecule is CCN(C(=O)C(CC(N)=O)NC(=O)OC(C)(C)C)C(C(=O)Nc1ccc2ccccc2c1)c1cccc(C)c1O. The number of primary amides is 1. The van der Waals surface area contributed by atoms with Crippen LogP contribution in [0.3, 0.4) is 0 Å². The van der Waals surface area contributed by atoms with E-state index in [1.807, 2.05) is 30.3 Å². The van der Waals surface area contributed by atoms with Crippen molar-refractivity contribution >= 4 is 40.3 Å². The number of carbonyl (C=O) groups excluding carboxylic acids is 4. The summed E-state index contributed by atoms with van der Waals surface area (Å²) in [5, 5.41) is 18.1. The van der Waals surface area contributed by atoms with Gasteiger partial charge in [0.25, 0.3) is 5.91 Å². The molecule has 3 rings (SSSR count). The third-order valence-electron chi connectivity index (χ3n) is 6.16. The van der Waals surface area contributed by atoms with Gasteiger partial charge in [-0.05, 0) is 63.1 Å². The lowest BCUT2D eigenvalue weighted by molar-refractivity contribution is -0.141. The molecule has 2 atom stereocenters. The number of fused-ring (bicyclic) bond motifs is 1. The van der Waals surface area contributed by atoms with Crippen molar-refractivity contribution in [1.29, 1.82) is 0 Å². The summed E-state index contributed by atoms with van der Waals surface area (Å²) in [5.74, 6) is -2.33. The fourth-order valence-electron chi connectivity index (χ4n) is 4.35. The molecule has 3 aromatic rings. The number of alkyl carbamates (subject to hydrolysis) is 1. The number of phenolic OH excluding ortho intramolecular Hbond substituents is 1. The summed E-state index contributed by atoms with van der Waals surface area (Å²) < 4.78 is 5.26. The van der Waals surface area contributed by atoms with Crippen LogP contribution >= 0.6 is 0 Å². The van der Waals surface area contributed by atoms with Crippen LogP contribution in [0.4, 0.5) is 10.5 Å². The van der Waals surface area contributed by atoms with Crippen molar-refractivity contribution in [2.75, 3.05) is 11.9 Å². The second-order valence-electron chi connectivity index (χ2n) is 10.5. The molecule has 0 saturated carbocycles. The summed E-state index contributed by atoms with van der Waals surface area (Å²) in [4.78, 5) is 53.2. The van der Waals surface area contributed by atoms with Gasteiger partial charge in [0.05, 0.1) is 6.42 Å². The number of rotatable bonds is 9. The minimum Gasteiger partial charge on any atom is -0.507 e. The molecule has 212 valence electrons. The molecule has 0 radical (unpaired) electrons. The van der Waals surface area contributed by atoms with Crippen molar-refractivity contribution in [3.63, 3.8) is 0 Å². The Labute approximate surface area is 233 Å². The number of benzene rings is 3. The molecular formula is C30H36N4O6. The number of carbonyl (C=O) groups is 4. The van der Waals surface area contributed by atoms with Crippen molar-refractivity contribution in [3.05, 3.63) is 71.8 Å². The number of nitrogens with one attached hydrogen (secondary N) is 2. The minimum atomic E-state index is -1.41. The largest absolute Gasteiger partial charge is 0.507 e. The Hall–Kier alpha value is -4.60. The van der Waals surface area contributed by atoms with Crippen molar-refractivity contribution in [2.24, 2.45) is 5.73 Å². The van der Waals surface area contributed by atoms with E-state index in [0.29, 0.717) is 11.3 Å². The Morgan fingerprint density at radius 3 is 2.30 bits per heavy atom. The molecule has 5 N–H and O–H groups in total. The molecule has 10 heteroatoms. The van der Waals surface area contributed by atoms with Gasteiger partial charge < -0.3 is 31.1 Å². The van der Waals surface area contributed by atoms with Crippen molar-refractivity contribution < 1.29 is 29.0 Å². The molecule has 4 amide bonds. The van der Waals surface area contributed by atoms with E-state index in [0.717, 1.165) is 10.8 Å². The van der Waals surface area contributed by atoms with E-state index in [9.17, 15) is 24.3 Å². The summed E-state index contributed by atoms with van der Waals surface area (Å²) >= 11 is 0. The van der Waals surface area contributed by atoms with Crippen molar-refractivity contribution in [1.82, 2.24) is 10.2 Å². The maximum atomic E-state index is 13.9. The maximum absolute atomic E-state index is 13.9. The number of hydrogen-bond acceptors (Lipinski definition) is 6. The van der Waals surface area contributed by atoms with E-state index >= 15 is 0 Å². The number of likely N-dealkylation sites (N-methyl/N-ethyl adjacent to an activating group) is 1. The molecule has 0 aliphatic carbocycles. The number of ether oxygens (including phenoxy) is 1. The highest BCUT2D eigenvalue weighted by Crippen LogP contribution is 2.33. The van der Waals surface area contributed by atoms with Crippen LogP contribution in [0.2, 0.25) is 0 Å². The highest BCUT2D eigenvalue weighted by molar-refractivity contribution is 6.01. The standard InChI is InChI=1S/C30H36N4O6/c1-6-34(28(38)23(17-24(31)35)33-29(39)40-30(3,4)5)25(22-13-9-10-18(2)26(22)36)27(37)32-21-15-14-19-11-7-8-12-20(19)16-21/h7-16,23,25,36H,6,17H2,1-5H3,(H2,31,35)(H,32,37)(H,33,39). The smallest absolute Gasteiger partial charge is 0.408 e. The summed E-state index contributed by atoms with van der Waals surface area (Å²) in [6.45, 7) is 8.30. The predicted octanol–water partition coefficient (Wildman–Crippen LogP) is 4.15. The number of amides is 4. The monoisotopic (exact) mass is 548 g/mol. The summed E-state index contributed by atoms with van der Waals surface area (Å²) in [5.41, 5.74) is 5.72. The van der Waals surface area contributed by atoms with Gasteiger partial charge in [-0.2, -0.15) is 0 Å². The van der Waals surface area contributed by atoms with Gasteiger partial charge in [0.2, 0.25) is 11.8 Å². The molecule has 0 aliphatic heterocycles. The zero-order valence-corrected chi connectivity index (χ0v) is 23.4. The van der Waals surface area contributed by atoms with Crippen LogP contribution in [0.25, 0.3) is 10.8 Å². The van der Waals surface area contributed by atoms with Crippen LogP contribution in [-0.4, -0.2) is 52.0 Å². The van der Waals surface area contributed by atoms with Gasteiger partial charge in [-0.3, -0.25) is 14.4 Å². The third kappa shape index (κ3) is 7.49. The fourth-order valence-corrected chi connectivity index (χ4v) is 4.35. The zero-order valence-electron chi connectivity index (χ0n) is 23.4. The van der Waals surface area contributed by atoms with E-state index in [4.69, 9.17) is 10.5 Å². The van der Waals surface area contributed by atoms with Crippen molar-refractivity contribution in [3.8, 4) is 5.75 Å². The molecular weight excluding hydrogens is 512 g/mol. The number of anilines is 1. The molecule has 3 aromatic carbocycles. The molecule has 10 nitrogen and oxygen atoms in total. The minimum absolute atomic E-state index is 0.00722. The molecule has 0 fully saturated rings. The number of aromatic hydroxyl groups is 1. The Bertz CT molecular complexity index is 1410. The summed E-state index contributed by atoms with van der Waals surface area (Å²) in [6, 6.07) is 15.2. The second-order valence-corrected chi connectivity index (χ2v) is 10.5. The van der Waals surface area contributed by atoms with E-state index in [2.05, 4.69) is 10.6 Å². The Balaban J connectivity index is 2.02. The first kappa shape index (κ1) is 29.9. The summed E-state index contributed by atoms with van der Waals surface area (Å²) in [7, 11) is 0. The van der Waals surface area contributed by atoms with Crippen LogP contribution in [-0.2, 0) is 19.1 Å². The number of hydrogen-bond donors (Lipinski definition) is 4. The Kier molecular flexibility index (Phi) is 9.36. The summed E-state index contributed by atoms with van der Waals surface area (Å²) in [6.07, 6.45) is -1.44. The number of nitrogens with zero attached hydrogens (tertiary/aromatic N) is 1. The van der Waals surface area contributed by atoms with Crippen LogP contribution in [0.15, 0.2) is 60.7 Å². The van der Waals surface area contributed by atoms with Crippen LogP contribution in [0, 0.1) is 6.92 Å². The first-order valence-corrected chi connectivity index (χ1v) is 13.0. The van der Waals surface area contributed by atoms with Crippen LogP contribution in [0.1, 0.15) is 51.3 Å². The molecule has 0 aliphatic rings. The lowest BCUT2D eigenvalue weighted by Crippen LogP contribution is -2.53. The van der Waals surface area contributed by atoms with E-state index < -0.39 is 47.9 Å². The van der Waals surface area contributed by atoms with Gasteiger partial charge in [-0.15, -0.1) is 0 Å². The van der Waals surface area contributed by atoms with Crippen LogP contribution in [0.5, 0.6) is 5.75 Å². The first-order valence-electron chi connectivity index (χ1n) is 13.0. The molecule has 0 aromatic heterocycles. The van der Waals surface area contributed by atoms with Gasteiger partial charge in [-0.1, -0.05) is 48.5 Å². The molecule has 0 heterocycles. The quantitative estimate of drug-likeness (QED) is 0.315. The molecule has 0 spiro atoms. The number of nitrogens with two attached hydrogens (primary N) is 1. The van der Waals surface area contributed by atoms with Crippen molar-refractivity contribution in [2.45, 2.75) is 58.7 Å². The third-order valence-corrected chi connectivity index (χ3v) is 6.16. The normalized spacial score (nSPS) is 12.7. The number of aryl methyl sites for hydroxylation is 1. The maximum Gasteiger partial charge on any atom is 0.408 e. The second kappa shape index (κ2) is 12.5. The highest BCUT2D eigenvalue weighted by atomic mass is 16.6. The highest BCUT2D eigenvalue weighted by Gasteiger charge is 2.37. The van der Waals surface area contributed by atoms with Gasteiger partial charge >= 0.3 is 6.09 Å². The lowest BCUT2D eigenvalue weighted by Gasteiger charge is -2.34. The topological polar surface area (TPSA) is 151 Å². The predicted molar refractivity (Wildman–Crippen MR) is 153 cm³/mol.